The molecule has 0 aliphatic heterocycles. The van der Waals surface area contributed by atoms with Crippen LogP contribution in [0.2, 0.25) is 0 Å². The summed E-state index contributed by atoms with van der Waals surface area (Å²) in [5.74, 6) is 0.699. The van der Waals surface area contributed by atoms with Gasteiger partial charge < -0.3 is 0 Å². The first-order chi connectivity index (χ1) is 31.7. The van der Waals surface area contributed by atoms with Gasteiger partial charge in [0, 0.05) is 29.1 Å². The molecule has 0 atom stereocenters. The quantitative estimate of drug-likeness (QED) is 0.157. The normalized spacial score (nSPS) is 11.8. The lowest BCUT2D eigenvalue weighted by atomic mass is 9.86. The average molecular weight is 812 g/mol. The SMILES string of the molecule is c1ccc(-c2nc(-c3ccc(-c4ccc(-c5cc6ccc7cccc8c9cccc%10ccc%11cccc(c(c5)c6c78)c%11c%109)cc4)cc3)cc(-c3ccc(-c4cccnc4)cc3)n2)cc1. The van der Waals surface area contributed by atoms with Crippen LogP contribution in [0.25, 0.3) is 132 Å². The molecule has 0 unspecified atom stereocenters. The summed E-state index contributed by atoms with van der Waals surface area (Å²) in [6.45, 7) is 0. The smallest absolute Gasteiger partial charge is 0.160 e. The van der Waals surface area contributed by atoms with Gasteiger partial charge in [0.1, 0.15) is 0 Å². The molecule has 0 aliphatic rings. The molecule has 0 N–H and O–H groups in total. The molecule has 13 rings (SSSR count). The minimum absolute atomic E-state index is 0.699. The molecule has 0 radical (unpaired) electrons. The van der Waals surface area contributed by atoms with E-state index < -0.39 is 0 Å². The maximum Gasteiger partial charge on any atom is 0.160 e. The van der Waals surface area contributed by atoms with Gasteiger partial charge in [0.2, 0.25) is 0 Å². The maximum atomic E-state index is 5.09. The Morgan fingerprint density at radius 1 is 0.250 bits per heavy atom. The lowest BCUT2D eigenvalue weighted by Gasteiger charge is -2.17. The van der Waals surface area contributed by atoms with Crippen molar-refractivity contribution in [1.29, 1.82) is 0 Å². The molecule has 2 aromatic heterocycles. The van der Waals surface area contributed by atoms with Gasteiger partial charge in [-0.15, -0.1) is 0 Å². The zero-order chi connectivity index (χ0) is 42.1. The van der Waals surface area contributed by atoms with Crippen LogP contribution in [-0.2, 0) is 0 Å². The minimum atomic E-state index is 0.699. The molecule has 0 saturated heterocycles. The van der Waals surface area contributed by atoms with Crippen LogP contribution in [0.1, 0.15) is 0 Å². The maximum absolute atomic E-state index is 5.09. The van der Waals surface area contributed by atoms with Gasteiger partial charge in [-0.05, 0) is 122 Å². The van der Waals surface area contributed by atoms with Crippen molar-refractivity contribution in [2.45, 2.75) is 0 Å². The predicted octanol–water partition coefficient (Wildman–Crippen LogP) is 16.2. The predicted molar refractivity (Wildman–Crippen MR) is 269 cm³/mol. The highest BCUT2D eigenvalue weighted by atomic mass is 14.9. The summed E-state index contributed by atoms with van der Waals surface area (Å²) in [5.41, 5.74) is 11.7. The lowest BCUT2D eigenvalue weighted by Crippen LogP contribution is -1.96. The van der Waals surface area contributed by atoms with E-state index in [4.69, 9.17) is 9.97 Å². The molecule has 0 saturated carbocycles. The summed E-state index contributed by atoms with van der Waals surface area (Å²) >= 11 is 0. The fourth-order valence-electron chi connectivity index (χ4n) is 9.97. The Balaban J connectivity index is 0.884. The van der Waals surface area contributed by atoms with Gasteiger partial charge in [0.05, 0.1) is 11.4 Å². The van der Waals surface area contributed by atoms with Gasteiger partial charge in [-0.3, -0.25) is 4.98 Å². The van der Waals surface area contributed by atoms with Gasteiger partial charge in [-0.25, -0.2) is 9.97 Å². The Hall–Kier alpha value is -8.53. The van der Waals surface area contributed by atoms with E-state index in [0.717, 1.165) is 50.3 Å². The van der Waals surface area contributed by atoms with E-state index in [1.807, 2.05) is 30.5 Å². The highest BCUT2D eigenvalue weighted by Gasteiger charge is 2.17. The highest BCUT2D eigenvalue weighted by Crippen LogP contribution is 2.44. The van der Waals surface area contributed by atoms with E-state index in [1.54, 1.807) is 6.20 Å². The Morgan fingerprint density at radius 3 is 1.20 bits per heavy atom. The monoisotopic (exact) mass is 811 g/mol. The van der Waals surface area contributed by atoms with Crippen molar-refractivity contribution in [2.24, 2.45) is 0 Å². The van der Waals surface area contributed by atoms with Crippen LogP contribution in [0, 0.1) is 0 Å². The summed E-state index contributed by atoms with van der Waals surface area (Å²) in [6, 6.07) is 76.9. The van der Waals surface area contributed by atoms with Gasteiger partial charge in [-0.1, -0.05) is 188 Å². The van der Waals surface area contributed by atoms with Crippen LogP contribution in [0.3, 0.4) is 0 Å². The lowest BCUT2D eigenvalue weighted by molar-refractivity contribution is 1.18. The first kappa shape index (κ1) is 36.2. The third kappa shape index (κ3) is 5.94. The van der Waals surface area contributed by atoms with Crippen molar-refractivity contribution in [3.63, 3.8) is 0 Å². The number of aromatic nitrogens is 3. The summed E-state index contributed by atoms with van der Waals surface area (Å²) < 4.78 is 0. The zero-order valence-electron chi connectivity index (χ0n) is 34.7. The van der Waals surface area contributed by atoms with Crippen LogP contribution in [-0.4, -0.2) is 15.0 Å². The molecular formula is C61H37N3. The van der Waals surface area contributed by atoms with E-state index in [-0.39, 0.29) is 0 Å². The topological polar surface area (TPSA) is 38.7 Å². The highest BCUT2D eigenvalue weighted by molar-refractivity contribution is 6.37. The molecular weight excluding hydrogens is 775 g/mol. The number of hydrogen-bond acceptors (Lipinski definition) is 3. The van der Waals surface area contributed by atoms with Crippen molar-refractivity contribution in [3.05, 3.63) is 225 Å². The number of nitrogens with zero attached hydrogens (tertiary/aromatic N) is 3. The van der Waals surface area contributed by atoms with E-state index in [1.165, 1.54) is 75.8 Å². The van der Waals surface area contributed by atoms with E-state index in [0.29, 0.717) is 5.82 Å². The van der Waals surface area contributed by atoms with Crippen LogP contribution in [0.15, 0.2) is 225 Å². The summed E-state index contributed by atoms with van der Waals surface area (Å²) in [6.07, 6.45) is 3.69. The minimum Gasteiger partial charge on any atom is -0.264 e. The van der Waals surface area contributed by atoms with Crippen LogP contribution >= 0.6 is 0 Å². The van der Waals surface area contributed by atoms with Crippen molar-refractivity contribution < 1.29 is 0 Å². The summed E-state index contributed by atoms with van der Waals surface area (Å²) in [7, 11) is 0. The molecule has 0 bridgehead atoms. The fraction of sp³-hybridized carbons (Fsp3) is 0. The zero-order valence-corrected chi connectivity index (χ0v) is 34.7. The second-order valence-electron chi connectivity index (χ2n) is 16.8. The molecule has 3 nitrogen and oxygen atoms in total. The largest absolute Gasteiger partial charge is 0.264 e. The van der Waals surface area contributed by atoms with Gasteiger partial charge in [0.25, 0.3) is 0 Å². The molecule has 13 aromatic rings. The molecule has 2 heterocycles. The Labute approximate surface area is 370 Å². The second-order valence-corrected chi connectivity index (χ2v) is 16.8. The van der Waals surface area contributed by atoms with Gasteiger partial charge >= 0.3 is 0 Å². The van der Waals surface area contributed by atoms with Gasteiger partial charge in [-0.2, -0.15) is 0 Å². The summed E-state index contributed by atoms with van der Waals surface area (Å²) in [4.78, 5) is 14.4. The van der Waals surface area contributed by atoms with E-state index in [2.05, 4.69) is 193 Å². The van der Waals surface area contributed by atoms with Crippen LogP contribution < -0.4 is 0 Å². The number of rotatable bonds is 6. The van der Waals surface area contributed by atoms with Crippen LogP contribution in [0.4, 0.5) is 0 Å². The Morgan fingerprint density at radius 2 is 0.688 bits per heavy atom. The fourth-order valence-corrected chi connectivity index (χ4v) is 9.97. The van der Waals surface area contributed by atoms with Crippen molar-refractivity contribution >= 4 is 64.6 Å². The van der Waals surface area contributed by atoms with E-state index in [9.17, 15) is 0 Å². The Kier molecular flexibility index (Phi) is 8.22. The molecule has 0 fully saturated rings. The average Bonchev–Trinajstić information content (AvgIpc) is 3.37. The first-order valence-corrected chi connectivity index (χ1v) is 21.8. The second kappa shape index (κ2) is 14.5. The Bertz CT molecular complexity index is 3890. The number of pyridine rings is 1. The molecule has 11 aromatic carbocycles. The van der Waals surface area contributed by atoms with Gasteiger partial charge in [0.15, 0.2) is 5.82 Å². The van der Waals surface area contributed by atoms with Crippen molar-refractivity contribution in [3.8, 4) is 67.3 Å². The number of fused-ring (bicyclic) bond motifs is 2. The number of benzene rings is 10. The molecule has 0 amide bonds. The third-order valence-electron chi connectivity index (χ3n) is 13.1. The number of hydrogen-bond donors (Lipinski definition) is 0. The van der Waals surface area contributed by atoms with E-state index >= 15 is 0 Å². The summed E-state index contributed by atoms with van der Waals surface area (Å²) in [5, 5.41) is 15.5. The first-order valence-electron chi connectivity index (χ1n) is 21.8. The molecule has 3 heteroatoms. The van der Waals surface area contributed by atoms with Crippen molar-refractivity contribution in [1.82, 2.24) is 15.0 Å². The standard InChI is InChI=1S/C61H37N3/c1-2-8-47(9-3-1)61-63-55(36-56(64-61)43-27-23-40(24-28-43)49-13-7-33-62-37-49)42-25-21-39(22-26-42)38-17-19-41(20-18-38)50-34-48-32-31-46-11-5-15-52-51-14-4-10-44-29-30-45-12-6-16-53(59(45)57(44)51)54(35-50)60(48)58(46)52/h1-37H. The molecule has 0 aliphatic carbocycles. The van der Waals surface area contributed by atoms with Crippen molar-refractivity contribution in [2.75, 3.05) is 0 Å². The third-order valence-corrected chi connectivity index (χ3v) is 13.1. The molecule has 0 spiro atoms. The molecule has 296 valence electrons. The molecule has 64 heavy (non-hydrogen) atoms. The van der Waals surface area contributed by atoms with Crippen LogP contribution in [0.5, 0.6) is 0 Å².